The second kappa shape index (κ2) is 7.75. The number of hydrogen-bond acceptors (Lipinski definition) is 5. The molecule has 0 amide bonds. The van der Waals surface area contributed by atoms with Crippen LogP contribution in [-0.2, 0) is 6.54 Å². The maximum Gasteiger partial charge on any atom is 0.253 e. The van der Waals surface area contributed by atoms with E-state index in [0.717, 1.165) is 28.2 Å². The highest BCUT2D eigenvalue weighted by Crippen LogP contribution is 2.31. The number of benzene rings is 2. The Bertz CT molecular complexity index is 1210. The molecule has 148 valence electrons. The van der Waals surface area contributed by atoms with Gasteiger partial charge in [-0.2, -0.15) is 0 Å². The van der Waals surface area contributed by atoms with Crippen molar-refractivity contribution in [2.24, 2.45) is 0 Å². The zero-order chi connectivity index (χ0) is 20.4. The van der Waals surface area contributed by atoms with Crippen LogP contribution in [0.4, 0.5) is 5.69 Å². The molecule has 0 aliphatic heterocycles. The molecule has 0 radical (unpaired) electrons. The van der Waals surface area contributed by atoms with Gasteiger partial charge < -0.3 is 24.2 Å². The van der Waals surface area contributed by atoms with Crippen molar-refractivity contribution in [2.45, 2.75) is 13.5 Å². The molecule has 2 aromatic carbocycles. The monoisotopic (exact) mass is 390 g/mol. The molecule has 0 saturated carbocycles. The van der Waals surface area contributed by atoms with Crippen molar-refractivity contribution in [2.75, 3.05) is 19.5 Å². The Hall–Kier alpha value is -3.67. The number of pyridine rings is 1. The summed E-state index contributed by atoms with van der Waals surface area (Å²) in [5.41, 5.74) is 3.13. The van der Waals surface area contributed by atoms with E-state index < -0.39 is 0 Å². The van der Waals surface area contributed by atoms with Crippen LogP contribution in [0.25, 0.3) is 22.2 Å². The zero-order valence-corrected chi connectivity index (χ0v) is 16.5. The first-order valence-corrected chi connectivity index (χ1v) is 9.26. The highest BCUT2D eigenvalue weighted by Gasteiger charge is 2.09. The summed E-state index contributed by atoms with van der Waals surface area (Å²) >= 11 is 0. The van der Waals surface area contributed by atoms with E-state index in [1.807, 2.05) is 55.5 Å². The van der Waals surface area contributed by atoms with E-state index in [2.05, 4.69) is 10.3 Å². The second-order valence-electron chi connectivity index (χ2n) is 6.76. The number of hydrogen-bond donors (Lipinski definition) is 2. The van der Waals surface area contributed by atoms with E-state index in [9.17, 15) is 4.79 Å². The van der Waals surface area contributed by atoms with Gasteiger partial charge in [-0.05, 0) is 55.5 Å². The second-order valence-corrected chi connectivity index (χ2v) is 6.76. The third kappa shape index (κ3) is 3.82. The van der Waals surface area contributed by atoms with E-state index >= 15 is 0 Å². The van der Waals surface area contributed by atoms with Gasteiger partial charge in [0.05, 0.1) is 19.7 Å². The number of furan rings is 1. The van der Waals surface area contributed by atoms with Crippen molar-refractivity contribution >= 4 is 16.6 Å². The van der Waals surface area contributed by atoms with Gasteiger partial charge in [0.15, 0.2) is 11.5 Å². The van der Waals surface area contributed by atoms with Gasteiger partial charge >= 0.3 is 0 Å². The minimum atomic E-state index is -0.139. The van der Waals surface area contributed by atoms with Crippen molar-refractivity contribution in [3.8, 4) is 22.8 Å². The number of aromatic amines is 1. The van der Waals surface area contributed by atoms with Crippen LogP contribution in [0.2, 0.25) is 0 Å². The lowest BCUT2D eigenvalue weighted by atomic mass is 10.1. The third-order valence-corrected chi connectivity index (χ3v) is 4.82. The van der Waals surface area contributed by atoms with Gasteiger partial charge in [0.25, 0.3) is 5.56 Å². The standard InChI is InChI=1S/C23H22N2O4/c1-14-4-9-20(29-14)15-5-7-18(8-6-15)24-13-17-10-16-11-21(27-2)22(28-3)12-19(16)25-23(17)26/h4-12,24H,13H2,1-3H3,(H,25,26). The molecule has 6 nitrogen and oxygen atoms in total. The first-order valence-electron chi connectivity index (χ1n) is 9.26. The Balaban J connectivity index is 1.54. The van der Waals surface area contributed by atoms with Gasteiger partial charge in [0.1, 0.15) is 11.5 Å². The molecule has 6 heteroatoms. The van der Waals surface area contributed by atoms with Crippen molar-refractivity contribution in [1.82, 2.24) is 4.98 Å². The molecule has 4 rings (SSSR count). The quantitative estimate of drug-likeness (QED) is 0.498. The fraction of sp³-hybridized carbons (Fsp3) is 0.174. The smallest absolute Gasteiger partial charge is 0.253 e. The average Bonchev–Trinajstić information content (AvgIpc) is 3.18. The number of aryl methyl sites for hydroxylation is 1. The number of fused-ring (bicyclic) bond motifs is 1. The van der Waals surface area contributed by atoms with Gasteiger partial charge in [0.2, 0.25) is 0 Å². The molecule has 2 heterocycles. The molecule has 0 bridgehead atoms. The summed E-state index contributed by atoms with van der Waals surface area (Å²) in [4.78, 5) is 15.4. The molecule has 0 saturated heterocycles. The largest absolute Gasteiger partial charge is 0.493 e. The SMILES string of the molecule is COc1cc2cc(CNc3ccc(-c4ccc(C)o4)cc3)c(=O)[nH]c2cc1OC. The maximum atomic E-state index is 12.5. The molecule has 4 aromatic rings. The molecule has 2 aromatic heterocycles. The topological polar surface area (TPSA) is 76.5 Å². The predicted octanol–water partition coefficient (Wildman–Crippen LogP) is 4.73. The third-order valence-electron chi connectivity index (χ3n) is 4.82. The molecule has 0 unspecified atom stereocenters. The molecule has 0 spiro atoms. The predicted molar refractivity (Wildman–Crippen MR) is 114 cm³/mol. The molecule has 0 aliphatic carbocycles. The molecule has 0 aliphatic rings. The van der Waals surface area contributed by atoms with Crippen molar-refractivity contribution in [3.63, 3.8) is 0 Å². The number of ether oxygens (including phenoxy) is 2. The van der Waals surface area contributed by atoms with Crippen LogP contribution in [0.1, 0.15) is 11.3 Å². The van der Waals surface area contributed by atoms with Crippen molar-refractivity contribution < 1.29 is 13.9 Å². The van der Waals surface area contributed by atoms with Gasteiger partial charge in [-0.1, -0.05) is 0 Å². The number of aromatic nitrogens is 1. The van der Waals surface area contributed by atoms with E-state index in [-0.39, 0.29) is 5.56 Å². The van der Waals surface area contributed by atoms with E-state index in [0.29, 0.717) is 29.1 Å². The summed E-state index contributed by atoms with van der Waals surface area (Å²) in [6, 6.07) is 17.3. The summed E-state index contributed by atoms with van der Waals surface area (Å²) in [7, 11) is 3.16. The van der Waals surface area contributed by atoms with Gasteiger partial charge in [0, 0.05) is 34.8 Å². The highest BCUT2D eigenvalue weighted by atomic mass is 16.5. The lowest BCUT2D eigenvalue weighted by molar-refractivity contribution is 0.356. The first kappa shape index (κ1) is 18.7. The lowest BCUT2D eigenvalue weighted by Crippen LogP contribution is -2.15. The molecule has 0 fully saturated rings. The number of anilines is 1. The fourth-order valence-corrected chi connectivity index (χ4v) is 3.25. The number of rotatable bonds is 6. The normalized spacial score (nSPS) is 10.9. The Morgan fingerprint density at radius 1 is 0.966 bits per heavy atom. The van der Waals surface area contributed by atoms with Crippen LogP contribution >= 0.6 is 0 Å². The Morgan fingerprint density at radius 3 is 2.34 bits per heavy atom. The minimum Gasteiger partial charge on any atom is -0.493 e. The van der Waals surface area contributed by atoms with Gasteiger partial charge in [-0.25, -0.2) is 0 Å². The van der Waals surface area contributed by atoms with E-state index in [1.54, 1.807) is 20.3 Å². The summed E-state index contributed by atoms with van der Waals surface area (Å²) in [5.74, 6) is 2.92. The maximum absolute atomic E-state index is 12.5. The van der Waals surface area contributed by atoms with E-state index in [4.69, 9.17) is 13.9 Å². The molecular formula is C23H22N2O4. The lowest BCUT2D eigenvalue weighted by Gasteiger charge is -2.11. The van der Waals surface area contributed by atoms with Crippen LogP contribution in [0, 0.1) is 6.92 Å². The Morgan fingerprint density at radius 2 is 1.69 bits per heavy atom. The number of methoxy groups -OCH3 is 2. The summed E-state index contributed by atoms with van der Waals surface area (Å²) in [5, 5.41) is 4.17. The summed E-state index contributed by atoms with van der Waals surface area (Å²) in [6.07, 6.45) is 0. The Labute approximate surface area is 168 Å². The zero-order valence-electron chi connectivity index (χ0n) is 16.5. The summed E-state index contributed by atoms with van der Waals surface area (Å²) in [6.45, 7) is 2.32. The van der Waals surface area contributed by atoms with Crippen LogP contribution < -0.4 is 20.3 Å². The van der Waals surface area contributed by atoms with Crippen LogP contribution in [0.5, 0.6) is 11.5 Å². The first-order chi connectivity index (χ1) is 14.1. The molecular weight excluding hydrogens is 368 g/mol. The highest BCUT2D eigenvalue weighted by molar-refractivity contribution is 5.83. The van der Waals surface area contributed by atoms with E-state index in [1.165, 1.54) is 0 Å². The average molecular weight is 390 g/mol. The number of nitrogens with one attached hydrogen (secondary N) is 2. The van der Waals surface area contributed by atoms with Crippen molar-refractivity contribution in [3.05, 3.63) is 76.3 Å². The molecule has 2 N–H and O–H groups in total. The summed E-state index contributed by atoms with van der Waals surface area (Å²) < 4.78 is 16.3. The van der Waals surface area contributed by atoms with Crippen LogP contribution in [0.3, 0.4) is 0 Å². The number of H-pyrrole nitrogens is 1. The van der Waals surface area contributed by atoms with Gasteiger partial charge in [-0.3, -0.25) is 4.79 Å². The van der Waals surface area contributed by atoms with Crippen LogP contribution in [0.15, 0.2) is 63.8 Å². The van der Waals surface area contributed by atoms with Crippen molar-refractivity contribution in [1.29, 1.82) is 0 Å². The molecule has 0 atom stereocenters. The Kier molecular flexibility index (Phi) is 4.99. The van der Waals surface area contributed by atoms with Crippen LogP contribution in [-0.4, -0.2) is 19.2 Å². The minimum absolute atomic E-state index is 0.139. The molecule has 29 heavy (non-hydrogen) atoms. The fourth-order valence-electron chi connectivity index (χ4n) is 3.25. The van der Waals surface area contributed by atoms with Gasteiger partial charge in [-0.15, -0.1) is 0 Å².